The van der Waals surface area contributed by atoms with E-state index in [1.54, 1.807) is 0 Å². The van der Waals surface area contributed by atoms with Gasteiger partial charge >= 0.3 is 0 Å². The van der Waals surface area contributed by atoms with Crippen molar-refractivity contribution in [3.8, 4) is 12.1 Å². The number of benzene rings is 1. The van der Waals surface area contributed by atoms with Crippen LogP contribution in [0.2, 0.25) is 10.0 Å². The molecule has 0 aromatic heterocycles. The maximum atomic E-state index is 13.4. The Kier molecular flexibility index (Phi) is 17.1. The Hall–Kier alpha value is -2.08. The van der Waals surface area contributed by atoms with Gasteiger partial charge in [-0.25, -0.2) is 0 Å². The van der Waals surface area contributed by atoms with Crippen molar-refractivity contribution < 1.29 is 9.59 Å². The summed E-state index contributed by atoms with van der Waals surface area (Å²) < 4.78 is 0. The van der Waals surface area contributed by atoms with Crippen molar-refractivity contribution >= 4 is 35.0 Å². The van der Waals surface area contributed by atoms with Gasteiger partial charge in [-0.1, -0.05) is 153 Å². The SMILES string of the molecule is CCCCCCCCCCCCC(CCCCCCCCCC)CN1C(=O)c2c(C#N)c(Cl)c(Cl)c(C#N)c2C1=O. The molecule has 2 amide bonds. The lowest BCUT2D eigenvalue weighted by Crippen LogP contribution is -2.35. The molecule has 0 saturated heterocycles. The van der Waals surface area contributed by atoms with Crippen molar-refractivity contribution in [2.45, 2.75) is 142 Å². The summed E-state index contributed by atoms with van der Waals surface area (Å²) in [5.74, 6) is -0.894. The van der Waals surface area contributed by atoms with Crippen molar-refractivity contribution in [2.24, 2.45) is 5.92 Å². The van der Waals surface area contributed by atoms with Crippen LogP contribution in [0.1, 0.15) is 174 Å². The second kappa shape index (κ2) is 19.9. The number of amides is 2. The van der Waals surface area contributed by atoms with Gasteiger partial charge in [0.05, 0.1) is 32.3 Å². The number of nitrogens with zero attached hydrogens (tertiary/aromatic N) is 3. The average molecular weight is 603 g/mol. The summed E-state index contributed by atoms with van der Waals surface area (Å²) in [4.78, 5) is 28.1. The number of nitriles is 2. The van der Waals surface area contributed by atoms with E-state index in [9.17, 15) is 20.1 Å². The van der Waals surface area contributed by atoms with E-state index in [2.05, 4.69) is 13.8 Å². The van der Waals surface area contributed by atoms with Crippen molar-refractivity contribution in [3.63, 3.8) is 0 Å². The van der Waals surface area contributed by atoms with E-state index in [-0.39, 0.29) is 38.2 Å². The van der Waals surface area contributed by atoms with E-state index in [0.717, 1.165) is 38.5 Å². The molecule has 0 N–H and O–H groups in total. The van der Waals surface area contributed by atoms with E-state index in [4.69, 9.17) is 23.2 Å². The van der Waals surface area contributed by atoms with Gasteiger partial charge in [-0.2, -0.15) is 10.5 Å². The van der Waals surface area contributed by atoms with Crippen LogP contribution in [0.15, 0.2) is 0 Å². The van der Waals surface area contributed by atoms with Crippen LogP contribution in [0.3, 0.4) is 0 Å². The van der Waals surface area contributed by atoms with Crippen LogP contribution in [0.5, 0.6) is 0 Å². The van der Waals surface area contributed by atoms with E-state index in [0.29, 0.717) is 6.54 Å². The number of hydrogen-bond acceptors (Lipinski definition) is 4. The van der Waals surface area contributed by atoms with Crippen LogP contribution < -0.4 is 0 Å². The summed E-state index contributed by atoms with van der Waals surface area (Å²) in [6.07, 6.45) is 24.4. The number of carbonyl (C=O) groups excluding carboxylic acids is 2. The van der Waals surface area contributed by atoms with Crippen LogP contribution in [-0.2, 0) is 0 Å². The normalized spacial score (nSPS) is 13.4. The number of imide groups is 1. The lowest BCUT2D eigenvalue weighted by Gasteiger charge is -2.23. The van der Waals surface area contributed by atoms with Crippen molar-refractivity contribution in [3.05, 3.63) is 32.3 Å². The second-order valence-corrected chi connectivity index (χ2v) is 12.4. The molecule has 1 aromatic carbocycles. The minimum atomic E-state index is -0.541. The predicted molar refractivity (Wildman–Crippen MR) is 168 cm³/mol. The fraction of sp³-hybridized carbons (Fsp3) is 0.706. The summed E-state index contributed by atoms with van der Waals surface area (Å²) in [6, 6.07) is 3.85. The third kappa shape index (κ3) is 10.6. The van der Waals surface area contributed by atoms with Gasteiger partial charge in [-0.15, -0.1) is 0 Å². The zero-order valence-corrected chi connectivity index (χ0v) is 26.9. The molecule has 0 spiro atoms. The Morgan fingerprint density at radius 1 is 0.585 bits per heavy atom. The number of carbonyl (C=O) groups is 2. The lowest BCUT2D eigenvalue weighted by atomic mass is 9.93. The van der Waals surface area contributed by atoms with Crippen LogP contribution in [-0.4, -0.2) is 23.3 Å². The molecular formula is C34H49Cl2N3O2. The van der Waals surface area contributed by atoms with Gasteiger partial charge in [0, 0.05) is 6.54 Å². The van der Waals surface area contributed by atoms with E-state index >= 15 is 0 Å². The number of unbranched alkanes of at least 4 members (excludes halogenated alkanes) is 16. The number of hydrogen-bond donors (Lipinski definition) is 0. The van der Waals surface area contributed by atoms with Crippen LogP contribution in [0.4, 0.5) is 0 Å². The van der Waals surface area contributed by atoms with E-state index < -0.39 is 11.8 Å². The van der Waals surface area contributed by atoms with Gasteiger partial charge < -0.3 is 0 Å². The highest BCUT2D eigenvalue weighted by Gasteiger charge is 2.42. The minimum Gasteiger partial charge on any atom is -0.274 e. The first-order valence-corrected chi connectivity index (χ1v) is 16.9. The number of halogens is 2. The molecule has 0 aliphatic carbocycles. The number of fused-ring (bicyclic) bond motifs is 1. The molecule has 1 heterocycles. The minimum absolute atomic E-state index is 0.0757. The first-order chi connectivity index (χ1) is 19.9. The molecule has 1 aliphatic rings. The summed E-state index contributed by atoms with van der Waals surface area (Å²) >= 11 is 12.5. The maximum Gasteiger partial charge on any atom is 0.263 e. The molecule has 0 saturated carbocycles. The Labute approximate surface area is 258 Å². The third-order valence-electron chi connectivity index (χ3n) is 8.40. The Balaban J connectivity index is 1.99. The molecule has 2 rings (SSSR count). The maximum absolute atomic E-state index is 13.4. The summed E-state index contributed by atoms with van der Waals surface area (Å²) in [5, 5.41) is 19.1. The van der Waals surface area contributed by atoms with Gasteiger partial charge in [0.1, 0.15) is 12.1 Å². The largest absolute Gasteiger partial charge is 0.274 e. The summed E-state index contributed by atoms with van der Waals surface area (Å²) in [6.45, 7) is 4.77. The molecule has 5 nitrogen and oxygen atoms in total. The highest BCUT2D eigenvalue weighted by atomic mass is 35.5. The average Bonchev–Trinajstić information content (AvgIpc) is 3.20. The van der Waals surface area contributed by atoms with Crippen LogP contribution >= 0.6 is 23.2 Å². The van der Waals surface area contributed by atoms with Crippen molar-refractivity contribution in [1.29, 1.82) is 10.5 Å². The van der Waals surface area contributed by atoms with Crippen LogP contribution in [0, 0.1) is 28.6 Å². The Morgan fingerprint density at radius 2 is 0.902 bits per heavy atom. The quantitative estimate of drug-likeness (QED) is 0.0976. The third-order valence-corrected chi connectivity index (χ3v) is 9.25. The van der Waals surface area contributed by atoms with Gasteiger partial charge in [-0.3, -0.25) is 14.5 Å². The molecule has 0 radical (unpaired) electrons. The molecule has 1 unspecified atom stereocenters. The molecule has 0 fully saturated rings. The Morgan fingerprint density at radius 3 is 1.22 bits per heavy atom. The molecule has 7 heteroatoms. The van der Waals surface area contributed by atoms with Gasteiger partial charge in [0.25, 0.3) is 11.8 Å². The zero-order chi connectivity index (χ0) is 30.0. The first-order valence-electron chi connectivity index (χ1n) is 16.1. The van der Waals surface area contributed by atoms with E-state index in [1.807, 2.05) is 12.1 Å². The molecule has 41 heavy (non-hydrogen) atoms. The van der Waals surface area contributed by atoms with Gasteiger partial charge in [0.15, 0.2) is 0 Å². The predicted octanol–water partition coefficient (Wildman–Crippen LogP) is 10.8. The fourth-order valence-electron chi connectivity index (χ4n) is 5.93. The summed E-state index contributed by atoms with van der Waals surface area (Å²) in [5.41, 5.74) is -0.400. The topological polar surface area (TPSA) is 85.0 Å². The standard InChI is InChI=1S/C34H49Cl2N3O2/c1-3-5-7-9-11-13-14-16-18-20-22-26(21-19-17-15-12-10-8-6-4-2)25-39-33(40)29-27(23-37)31(35)32(36)28(24-38)30(29)34(39)41/h26H,3-22,25H2,1-2H3. The molecule has 0 bridgehead atoms. The fourth-order valence-corrected chi connectivity index (χ4v) is 6.39. The second-order valence-electron chi connectivity index (χ2n) is 11.7. The van der Waals surface area contributed by atoms with E-state index in [1.165, 1.54) is 94.8 Å². The van der Waals surface area contributed by atoms with Crippen LogP contribution in [0.25, 0.3) is 0 Å². The smallest absolute Gasteiger partial charge is 0.263 e. The lowest BCUT2D eigenvalue weighted by molar-refractivity contribution is 0.0621. The highest BCUT2D eigenvalue weighted by molar-refractivity contribution is 6.45. The highest BCUT2D eigenvalue weighted by Crippen LogP contribution is 2.40. The van der Waals surface area contributed by atoms with Gasteiger partial charge in [0.2, 0.25) is 0 Å². The molecule has 1 aromatic rings. The summed E-state index contributed by atoms with van der Waals surface area (Å²) in [7, 11) is 0. The molecule has 226 valence electrons. The Bertz CT molecular complexity index is 1010. The molecular weight excluding hydrogens is 553 g/mol. The van der Waals surface area contributed by atoms with Gasteiger partial charge in [-0.05, 0) is 18.8 Å². The molecule has 1 aliphatic heterocycles. The number of rotatable bonds is 22. The monoisotopic (exact) mass is 601 g/mol. The van der Waals surface area contributed by atoms with Crippen molar-refractivity contribution in [1.82, 2.24) is 4.90 Å². The molecule has 1 atom stereocenters. The van der Waals surface area contributed by atoms with Crippen molar-refractivity contribution in [2.75, 3.05) is 6.54 Å². The zero-order valence-electron chi connectivity index (χ0n) is 25.3. The first kappa shape index (κ1) is 35.1.